The number of amides is 1. The molecule has 1 aromatic carbocycles. The van der Waals surface area contributed by atoms with E-state index in [1.807, 2.05) is 4.90 Å². The first-order valence-corrected chi connectivity index (χ1v) is 11.1. The van der Waals surface area contributed by atoms with Crippen LogP contribution >= 0.6 is 23.2 Å². The van der Waals surface area contributed by atoms with Crippen molar-refractivity contribution in [2.75, 3.05) is 31.6 Å². The van der Waals surface area contributed by atoms with Gasteiger partial charge in [-0.05, 0) is 45.2 Å². The fraction of sp³-hybridized carbons (Fsp3) is 0.571. The average Bonchev–Trinajstić information content (AvgIpc) is 3.15. The second-order valence-electron chi connectivity index (χ2n) is 8.65. The lowest BCUT2D eigenvalue weighted by atomic mass is 9.93. The topological polar surface area (TPSA) is 79.4 Å². The number of hydrogen-bond acceptors (Lipinski definition) is 6. The van der Waals surface area contributed by atoms with Crippen LogP contribution in [0.25, 0.3) is 10.9 Å². The minimum absolute atomic E-state index is 0.0541. The summed E-state index contributed by atoms with van der Waals surface area (Å²) in [6, 6.07) is 4.18. The molecule has 0 radical (unpaired) electrons. The Morgan fingerprint density at radius 1 is 1.23 bits per heavy atom. The van der Waals surface area contributed by atoms with Crippen molar-refractivity contribution in [3.63, 3.8) is 0 Å². The van der Waals surface area contributed by atoms with Gasteiger partial charge in [-0.1, -0.05) is 23.2 Å². The maximum Gasteiger partial charge on any atom is 0.241 e. The molecule has 2 unspecified atom stereocenters. The van der Waals surface area contributed by atoms with Crippen LogP contribution in [0, 0.1) is 0 Å². The van der Waals surface area contributed by atoms with Gasteiger partial charge in [-0.25, -0.2) is 9.97 Å². The first kappa shape index (κ1) is 21.6. The van der Waals surface area contributed by atoms with Gasteiger partial charge in [0, 0.05) is 37.2 Å². The molecule has 2 aliphatic heterocycles. The summed E-state index contributed by atoms with van der Waals surface area (Å²) < 4.78 is 5.80. The van der Waals surface area contributed by atoms with Crippen LogP contribution in [0.15, 0.2) is 18.5 Å². The van der Waals surface area contributed by atoms with E-state index in [1.54, 1.807) is 12.1 Å². The number of halogens is 2. The molecule has 2 aromatic rings. The fourth-order valence-electron chi connectivity index (χ4n) is 4.29. The van der Waals surface area contributed by atoms with Crippen molar-refractivity contribution in [3.8, 4) is 0 Å². The maximum absolute atomic E-state index is 12.7. The summed E-state index contributed by atoms with van der Waals surface area (Å²) in [5.74, 6) is 0.628. The van der Waals surface area contributed by atoms with Gasteiger partial charge >= 0.3 is 0 Å². The number of nitrogens with one attached hydrogen (secondary N) is 2. The van der Waals surface area contributed by atoms with Crippen LogP contribution in [0.4, 0.5) is 5.82 Å². The number of rotatable bonds is 5. The zero-order valence-corrected chi connectivity index (χ0v) is 18.8. The van der Waals surface area contributed by atoms with Crippen LogP contribution in [-0.2, 0) is 9.53 Å². The van der Waals surface area contributed by atoms with Crippen LogP contribution < -0.4 is 10.6 Å². The van der Waals surface area contributed by atoms with Crippen molar-refractivity contribution in [2.45, 2.75) is 50.8 Å². The van der Waals surface area contributed by atoms with E-state index in [1.165, 1.54) is 6.33 Å². The van der Waals surface area contributed by atoms with Crippen LogP contribution in [0.3, 0.4) is 0 Å². The molecule has 2 saturated heterocycles. The lowest BCUT2D eigenvalue weighted by Crippen LogP contribution is -2.48. The van der Waals surface area contributed by atoms with Gasteiger partial charge in [-0.15, -0.1) is 0 Å². The number of benzene rings is 1. The molecule has 2 aliphatic rings. The summed E-state index contributed by atoms with van der Waals surface area (Å²) in [6.45, 7) is 6.71. The molecule has 0 spiro atoms. The Kier molecular flexibility index (Phi) is 6.34. The molecule has 2 atom stereocenters. The number of hydrogen-bond donors (Lipinski definition) is 2. The largest absolute Gasteiger partial charge is 0.375 e. The predicted molar refractivity (Wildman–Crippen MR) is 119 cm³/mol. The normalized spacial score (nSPS) is 23.7. The Bertz CT molecular complexity index is 939. The van der Waals surface area contributed by atoms with E-state index >= 15 is 0 Å². The van der Waals surface area contributed by atoms with Gasteiger partial charge in [0.15, 0.2) is 0 Å². The highest BCUT2D eigenvalue weighted by Crippen LogP contribution is 2.30. The molecule has 0 bridgehead atoms. The molecule has 4 rings (SSSR count). The molecule has 1 aromatic heterocycles. The van der Waals surface area contributed by atoms with Crippen molar-refractivity contribution in [1.82, 2.24) is 20.2 Å². The second-order valence-corrected chi connectivity index (χ2v) is 9.46. The SMILES string of the molecule is CC1(C)CC(NC2CCN(C(=O)CNc3ncnc4cc(Cl)c(Cl)cc34)C2)CCO1. The molecular formula is C21H27Cl2N5O2. The van der Waals surface area contributed by atoms with Crippen molar-refractivity contribution < 1.29 is 9.53 Å². The zero-order valence-electron chi connectivity index (χ0n) is 17.3. The van der Waals surface area contributed by atoms with Crippen LogP contribution in [0.2, 0.25) is 10.0 Å². The predicted octanol–water partition coefficient (Wildman–Crippen LogP) is 3.50. The number of nitrogens with zero attached hydrogens (tertiary/aromatic N) is 3. The minimum atomic E-state index is -0.0820. The van der Waals surface area contributed by atoms with Gasteiger partial charge in [-0.3, -0.25) is 4.79 Å². The Hall–Kier alpha value is -1.67. The molecule has 2 N–H and O–H groups in total. The standard InChI is InChI=1S/C21H27Cl2N5O2/c1-21(2)9-13(4-6-30-21)27-14-3-5-28(11-14)19(29)10-24-20-15-7-16(22)17(23)8-18(15)25-12-26-20/h7-8,12-14,27H,3-6,9-11H2,1-2H3,(H,24,25,26). The van der Waals surface area contributed by atoms with Gasteiger partial charge in [0.25, 0.3) is 0 Å². The van der Waals surface area contributed by atoms with Gasteiger partial charge in [-0.2, -0.15) is 0 Å². The Balaban J connectivity index is 1.32. The molecular weight excluding hydrogens is 425 g/mol. The Morgan fingerprint density at radius 2 is 2.03 bits per heavy atom. The third-order valence-corrected chi connectivity index (χ3v) is 6.52. The number of aromatic nitrogens is 2. The van der Waals surface area contributed by atoms with Crippen LogP contribution in [0.5, 0.6) is 0 Å². The number of likely N-dealkylation sites (tertiary alicyclic amines) is 1. The molecule has 3 heterocycles. The van der Waals surface area contributed by atoms with Gasteiger partial charge in [0.1, 0.15) is 12.1 Å². The molecule has 9 heteroatoms. The van der Waals surface area contributed by atoms with Crippen molar-refractivity contribution in [1.29, 1.82) is 0 Å². The monoisotopic (exact) mass is 451 g/mol. The molecule has 0 saturated carbocycles. The molecule has 7 nitrogen and oxygen atoms in total. The highest BCUT2D eigenvalue weighted by atomic mass is 35.5. The van der Waals surface area contributed by atoms with Crippen molar-refractivity contribution in [2.24, 2.45) is 0 Å². The molecule has 30 heavy (non-hydrogen) atoms. The first-order chi connectivity index (χ1) is 14.3. The third kappa shape index (κ3) is 4.97. The Morgan fingerprint density at radius 3 is 2.83 bits per heavy atom. The van der Waals surface area contributed by atoms with E-state index in [4.69, 9.17) is 27.9 Å². The number of fused-ring (bicyclic) bond motifs is 1. The summed E-state index contributed by atoms with van der Waals surface area (Å²) in [7, 11) is 0. The average molecular weight is 452 g/mol. The second kappa shape index (κ2) is 8.83. The van der Waals surface area contributed by atoms with Gasteiger partial charge < -0.3 is 20.3 Å². The first-order valence-electron chi connectivity index (χ1n) is 10.3. The number of carbonyl (C=O) groups excluding carboxylic acids is 1. The molecule has 1 amide bonds. The minimum Gasteiger partial charge on any atom is -0.375 e. The summed E-state index contributed by atoms with van der Waals surface area (Å²) in [5.41, 5.74) is 0.598. The van der Waals surface area contributed by atoms with E-state index in [-0.39, 0.29) is 18.1 Å². The lowest BCUT2D eigenvalue weighted by molar-refractivity contribution is -0.128. The van der Waals surface area contributed by atoms with E-state index in [0.29, 0.717) is 33.5 Å². The molecule has 2 fully saturated rings. The van der Waals surface area contributed by atoms with Gasteiger partial charge in [0.2, 0.25) is 5.91 Å². The number of anilines is 1. The van der Waals surface area contributed by atoms with E-state index in [2.05, 4.69) is 34.4 Å². The quantitative estimate of drug-likeness (QED) is 0.723. The highest BCUT2D eigenvalue weighted by molar-refractivity contribution is 6.42. The molecule has 162 valence electrons. The number of carbonyl (C=O) groups is 1. The highest BCUT2D eigenvalue weighted by Gasteiger charge is 2.32. The van der Waals surface area contributed by atoms with Crippen LogP contribution in [0.1, 0.15) is 33.1 Å². The van der Waals surface area contributed by atoms with E-state index in [9.17, 15) is 4.79 Å². The van der Waals surface area contributed by atoms with Gasteiger partial charge in [0.05, 0.1) is 27.7 Å². The molecule has 0 aliphatic carbocycles. The van der Waals surface area contributed by atoms with Crippen molar-refractivity contribution in [3.05, 3.63) is 28.5 Å². The van der Waals surface area contributed by atoms with E-state index < -0.39 is 0 Å². The van der Waals surface area contributed by atoms with E-state index in [0.717, 1.165) is 44.3 Å². The summed E-state index contributed by atoms with van der Waals surface area (Å²) in [4.78, 5) is 23.1. The summed E-state index contributed by atoms with van der Waals surface area (Å²) >= 11 is 12.2. The van der Waals surface area contributed by atoms with Crippen LogP contribution in [-0.4, -0.2) is 64.7 Å². The smallest absolute Gasteiger partial charge is 0.241 e. The summed E-state index contributed by atoms with van der Waals surface area (Å²) in [6.07, 6.45) is 4.42. The third-order valence-electron chi connectivity index (χ3n) is 5.79. The van der Waals surface area contributed by atoms with Crippen molar-refractivity contribution >= 4 is 45.8 Å². The Labute approximate surface area is 186 Å². The number of ether oxygens (including phenoxy) is 1. The summed E-state index contributed by atoms with van der Waals surface area (Å²) in [5, 5.41) is 8.47. The zero-order chi connectivity index (χ0) is 21.3. The maximum atomic E-state index is 12.7. The fourth-order valence-corrected chi connectivity index (χ4v) is 4.62. The lowest BCUT2D eigenvalue weighted by Gasteiger charge is -2.37.